The van der Waals surface area contributed by atoms with Crippen molar-refractivity contribution in [1.29, 1.82) is 0 Å². The summed E-state index contributed by atoms with van der Waals surface area (Å²) in [5.41, 5.74) is 0. The molecule has 0 amide bonds. The molecule has 0 saturated carbocycles. The zero-order valence-electron chi connectivity index (χ0n) is 6.73. The third-order valence-electron chi connectivity index (χ3n) is 1.37. The van der Waals surface area contributed by atoms with Crippen molar-refractivity contribution in [2.45, 2.75) is 32.3 Å². The molecule has 0 fully saturated rings. The first-order chi connectivity index (χ1) is 5.56. The van der Waals surface area contributed by atoms with Crippen LogP contribution >= 0.6 is 0 Å². The summed E-state index contributed by atoms with van der Waals surface area (Å²) in [5, 5.41) is 17.2. The zero-order chi connectivity index (χ0) is 9.56. The van der Waals surface area contributed by atoms with Gasteiger partial charge in [0.1, 0.15) is 6.10 Å². The Labute approximate surface area is 69.2 Å². The average molecular weight is 177 g/mol. The van der Waals surface area contributed by atoms with Crippen molar-refractivity contribution in [2.75, 3.05) is 0 Å². The van der Waals surface area contributed by atoms with Gasteiger partial charge in [0.15, 0.2) is 0 Å². The summed E-state index contributed by atoms with van der Waals surface area (Å²) in [6, 6.07) is 0. The van der Waals surface area contributed by atoms with Crippen molar-refractivity contribution < 1.29 is 19.8 Å². The number of hydrogen-bond acceptors (Lipinski definition) is 4. The minimum absolute atomic E-state index is 0.105. The average Bonchev–Trinajstić information content (AvgIpc) is 1.97. The van der Waals surface area contributed by atoms with Crippen LogP contribution in [0.15, 0.2) is 0 Å². The van der Waals surface area contributed by atoms with Gasteiger partial charge in [0.25, 0.3) is 5.09 Å². The van der Waals surface area contributed by atoms with Gasteiger partial charge in [-0.3, -0.25) is 4.79 Å². The van der Waals surface area contributed by atoms with E-state index in [2.05, 4.69) is 4.84 Å². The first kappa shape index (κ1) is 10.7. The summed E-state index contributed by atoms with van der Waals surface area (Å²) < 4.78 is 0. The highest BCUT2D eigenvalue weighted by Crippen LogP contribution is 2.06. The second-order valence-corrected chi connectivity index (χ2v) is 2.29. The fraction of sp³-hybridized carbons (Fsp3) is 0.833. The minimum Gasteiger partial charge on any atom is -0.481 e. The predicted octanol–water partition coefficient (Wildman–Crippen LogP) is 0.838. The van der Waals surface area contributed by atoms with Crippen LogP contribution in [0.25, 0.3) is 0 Å². The largest absolute Gasteiger partial charge is 0.481 e. The summed E-state index contributed by atoms with van der Waals surface area (Å²) in [5.74, 6) is -0.972. The van der Waals surface area contributed by atoms with E-state index in [9.17, 15) is 14.9 Å². The molecule has 0 aromatic carbocycles. The number of carbonyl (C=O) groups is 1. The van der Waals surface area contributed by atoms with E-state index < -0.39 is 17.2 Å². The summed E-state index contributed by atoms with van der Waals surface area (Å²) in [7, 11) is 0. The van der Waals surface area contributed by atoms with Crippen LogP contribution in [0.2, 0.25) is 0 Å². The molecule has 0 aliphatic rings. The van der Waals surface area contributed by atoms with Crippen molar-refractivity contribution in [3.05, 3.63) is 10.1 Å². The molecule has 0 radical (unpaired) electrons. The fourth-order valence-corrected chi connectivity index (χ4v) is 0.738. The topological polar surface area (TPSA) is 89.7 Å². The smallest absolute Gasteiger partial charge is 0.303 e. The molecule has 1 atom stereocenters. The first-order valence-electron chi connectivity index (χ1n) is 3.59. The van der Waals surface area contributed by atoms with Crippen LogP contribution < -0.4 is 0 Å². The van der Waals surface area contributed by atoms with E-state index in [1.807, 2.05) is 0 Å². The van der Waals surface area contributed by atoms with Crippen LogP contribution in [0.4, 0.5) is 0 Å². The monoisotopic (exact) mass is 177 g/mol. The van der Waals surface area contributed by atoms with Gasteiger partial charge < -0.3 is 9.94 Å². The lowest BCUT2D eigenvalue weighted by molar-refractivity contribution is -0.768. The summed E-state index contributed by atoms with van der Waals surface area (Å²) in [4.78, 5) is 24.1. The molecule has 0 spiro atoms. The molecular formula is C6H11NO5. The summed E-state index contributed by atoms with van der Waals surface area (Å²) in [6.07, 6.45) is -0.0935. The van der Waals surface area contributed by atoms with E-state index in [4.69, 9.17) is 5.11 Å². The minimum atomic E-state index is -0.972. The van der Waals surface area contributed by atoms with Crippen molar-refractivity contribution in [3.63, 3.8) is 0 Å². The molecule has 12 heavy (non-hydrogen) atoms. The summed E-state index contributed by atoms with van der Waals surface area (Å²) >= 11 is 0. The lowest BCUT2D eigenvalue weighted by atomic mass is 10.1. The highest BCUT2D eigenvalue weighted by molar-refractivity contribution is 5.66. The zero-order valence-corrected chi connectivity index (χ0v) is 6.73. The maximum absolute atomic E-state index is 10.1. The molecule has 6 nitrogen and oxygen atoms in total. The molecule has 0 aliphatic carbocycles. The second kappa shape index (κ2) is 5.34. The molecule has 0 aliphatic heterocycles. The fourth-order valence-electron chi connectivity index (χ4n) is 0.738. The van der Waals surface area contributed by atoms with Crippen LogP contribution in [-0.2, 0) is 9.63 Å². The Morgan fingerprint density at radius 1 is 1.75 bits per heavy atom. The van der Waals surface area contributed by atoms with Crippen molar-refractivity contribution in [2.24, 2.45) is 0 Å². The van der Waals surface area contributed by atoms with Crippen LogP contribution in [0.3, 0.4) is 0 Å². The number of carboxylic acid groups (broad SMARTS) is 1. The van der Waals surface area contributed by atoms with Gasteiger partial charge in [-0.1, -0.05) is 6.92 Å². The molecule has 6 heteroatoms. The lowest BCUT2D eigenvalue weighted by Crippen LogP contribution is -2.17. The number of rotatable bonds is 6. The van der Waals surface area contributed by atoms with Crippen molar-refractivity contribution in [3.8, 4) is 0 Å². The maximum Gasteiger partial charge on any atom is 0.303 e. The highest BCUT2D eigenvalue weighted by Gasteiger charge is 2.12. The Bertz CT molecular complexity index is 169. The SMILES string of the molecule is CCC(CCC(=O)O)O[N+](=O)[O-]. The predicted molar refractivity (Wildman–Crippen MR) is 39.0 cm³/mol. The molecule has 0 rings (SSSR count). The van der Waals surface area contributed by atoms with Crippen molar-refractivity contribution >= 4 is 5.97 Å². The van der Waals surface area contributed by atoms with Crippen LogP contribution in [-0.4, -0.2) is 22.3 Å². The van der Waals surface area contributed by atoms with Gasteiger partial charge in [-0.05, 0) is 12.8 Å². The van der Waals surface area contributed by atoms with Gasteiger partial charge in [-0.15, -0.1) is 10.1 Å². The first-order valence-corrected chi connectivity index (χ1v) is 3.59. The molecule has 0 heterocycles. The number of carboxylic acids is 1. The van der Waals surface area contributed by atoms with Crippen LogP contribution in [0.1, 0.15) is 26.2 Å². The van der Waals surface area contributed by atoms with E-state index in [1.165, 1.54) is 0 Å². The molecule has 1 N–H and O–H groups in total. The Morgan fingerprint density at radius 2 is 2.33 bits per heavy atom. The highest BCUT2D eigenvalue weighted by atomic mass is 17.0. The number of nitrogens with zero attached hydrogens (tertiary/aromatic N) is 1. The van der Waals surface area contributed by atoms with Gasteiger partial charge in [-0.2, -0.15) is 0 Å². The molecule has 0 bridgehead atoms. The van der Waals surface area contributed by atoms with Gasteiger partial charge >= 0.3 is 5.97 Å². The molecular weight excluding hydrogens is 166 g/mol. The van der Waals surface area contributed by atoms with E-state index in [0.29, 0.717) is 6.42 Å². The van der Waals surface area contributed by atoms with Crippen LogP contribution in [0.5, 0.6) is 0 Å². The lowest BCUT2D eigenvalue weighted by Gasteiger charge is -2.09. The van der Waals surface area contributed by atoms with Gasteiger partial charge in [0, 0.05) is 6.42 Å². The second-order valence-electron chi connectivity index (χ2n) is 2.29. The van der Waals surface area contributed by atoms with E-state index in [0.717, 1.165) is 0 Å². The molecule has 0 aromatic rings. The van der Waals surface area contributed by atoms with Crippen molar-refractivity contribution in [1.82, 2.24) is 0 Å². The van der Waals surface area contributed by atoms with Gasteiger partial charge in [-0.25, -0.2) is 0 Å². The molecule has 70 valence electrons. The van der Waals surface area contributed by atoms with E-state index in [-0.39, 0.29) is 12.8 Å². The Kier molecular flexibility index (Phi) is 4.75. The maximum atomic E-state index is 10.1. The third-order valence-corrected chi connectivity index (χ3v) is 1.37. The normalized spacial score (nSPS) is 12.1. The summed E-state index contributed by atoms with van der Waals surface area (Å²) in [6.45, 7) is 1.70. The Balaban J connectivity index is 3.67. The molecule has 0 saturated heterocycles. The Hall–Kier alpha value is -1.33. The Morgan fingerprint density at radius 3 is 2.67 bits per heavy atom. The molecule has 0 aromatic heterocycles. The number of aliphatic carboxylic acids is 1. The van der Waals surface area contributed by atoms with E-state index >= 15 is 0 Å². The molecule has 1 unspecified atom stereocenters. The standard InChI is InChI=1S/C6H11NO5/c1-2-5(12-7(10)11)3-4-6(8)9/h5H,2-4H2,1H3,(H,8,9). The third kappa shape index (κ3) is 5.45. The van der Waals surface area contributed by atoms with E-state index in [1.54, 1.807) is 6.92 Å². The van der Waals surface area contributed by atoms with Gasteiger partial charge in [0.05, 0.1) is 0 Å². The van der Waals surface area contributed by atoms with Gasteiger partial charge in [0.2, 0.25) is 0 Å². The van der Waals surface area contributed by atoms with Crippen LogP contribution in [0, 0.1) is 10.1 Å². The number of hydrogen-bond donors (Lipinski definition) is 1. The quantitative estimate of drug-likeness (QED) is 0.479.